The van der Waals surface area contributed by atoms with Crippen LogP contribution in [0.15, 0.2) is 88.1 Å². The summed E-state index contributed by atoms with van der Waals surface area (Å²) in [5.74, 6) is 0.0409. The Hall–Kier alpha value is -4.32. The molecule has 2 N–H and O–H groups in total. The van der Waals surface area contributed by atoms with E-state index in [4.69, 9.17) is 22.0 Å². The van der Waals surface area contributed by atoms with Crippen LogP contribution in [-0.2, 0) is 12.3 Å². The van der Waals surface area contributed by atoms with Crippen LogP contribution in [0.3, 0.4) is 0 Å². The van der Waals surface area contributed by atoms with Crippen LogP contribution in [0.5, 0.6) is 0 Å². The van der Waals surface area contributed by atoms with Gasteiger partial charge in [-0.2, -0.15) is 0 Å². The van der Waals surface area contributed by atoms with Crippen molar-refractivity contribution >= 4 is 62.4 Å². The van der Waals surface area contributed by atoms with Crippen LogP contribution >= 0.6 is 34.7 Å². The molecule has 0 saturated heterocycles. The van der Waals surface area contributed by atoms with Crippen LogP contribution < -0.4 is 16.4 Å². The van der Waals surface area contributed by atoms with Crippen LogP contribution in [0, 0.1) is 12.3 Å². The number of hydrogen-bond donors (Lipinski definition) is 2. The first-order valence-electron chi connectivity index (χ1n) is 12.5. The lowest BCUT2D eigenvalue weighted by molar-refractivity contribution is 0.102. The highest BCUT2D eigenvalue weighted by Crippen LogP contribution is 2.30. The largest absolute Gasteiger partial charge is 0.306 e. The number of hydrogen-bond acceptors (Lipinski definition) is 8. The molecular formula is C29H22ClN7O2S2. The molecule has 0 radical (unpaired) electrons. The molecule has 0 saturated carbocycles. The van der Waals surface area contributed by atoms with Crippen molar-refractivity contribution in [1.29, 1.82) is 5.41 Å². The predicted octanol–water partition coefficient (Wildman–Crippen LogP) is 5.53. The molecule has 12 heteroatoms. The second-order valence-corrected chi connectivity index (χ2v) is 11.9. The van der Waals surface area contributed by atoms with Gasteiger partial charge in [0.05, 0.1) is 17.5 Å². The van der Waals surface area contributed by atoms with Gasteiger partial charge in [0.15, 0.2) is 4.34 Å². The van der Waals surface area contributed by atoms with Crippen molar-refractivity contribution in [2.45, 2.75) is 23.6 Å². The molecule has 0 aliphatic rings. The fourth-order valence-corrected chi connectivity index (χ4v) is 6.36. The van der Waals surface area contributed by atoms with Crippen LogP contribution in [0.2, 0.25) is 5.02 Å². The van der Waals surface area contributed by atoms with Crippen LogP contribution in [0.25, 0.3) is 16.7 Å². The van der Waals surface area contributed by atoms with E-state index in [0.717, 1.165) is 16.7 Å². The van der Waals surface area contributed by atoms with Crippen LogP contribution in [-0.4, -0.2) is 30.1 Å². The fraction of sp³-hybridized carbons (Fsp3) is 0.103. The topological polar surface area (TPSA) is 118 Å². The summed E-state index contributed by atoms with van der Waals surface area (Å²) in [5, 5.41) is 21.2. The van der Waals surface area contributed by atoms with E-state index in [-0.39, 0.29) is 33.7 Å². The first kappa shape index (κ1) is 26.9. The van der Waals surface area contributed by atoms with Crippen molar-refractivity contribution in [2.75, 3.05) is 5.32 Å². The molecule has 4 aromatic heterocycles. The van der Waals surface area contributed by atoms with Crippen molar-refractivity contribution in [3.8, 4) is 0 Å². The molecule has 0 bridgehead atoms. The molecule has 1 amide bonds. The smallest absolute Gasteiger partial charge is 0.267 e. The zero-order valence-corrected chi connectivity index (χ0v) is 24.1. The Bertz CT molecular complexity index is 2050. The summed E-state index contributed by atoms with van der Waals surface area (Å²) in [4.78, 5) is 31.7. The zero-order valence-electron chi connectivity index (χ0n) is 21.7. The molecule has 6 aromatic rings. The molecule has 0 unspecified atom stereocenters. The molecule has 0 aliphatic carbocycles. The maximum Gasteiger partial charge on any atom is 0.267 e. The van der Waals surface area contributed by atoms with Crippen LogP contribution in [0.4, 0.5) is 5.13 Å². The van der Waals surface area contributed by atoms with E-state index in [1.807, 2.05) is 55.5 Å². The second-order valence-electron chi connectivity index (χ2n) is 9.27. The number of amides is 1. The normalized spacial score (nSPS) is 11.3. The molecule has 9 nitrogen and oxygen atoms in total. The zero-order chi connectivity index (χ0) is 28.5. The van der Waals surface area contributed by atoms with Gasteiger partial charge in [0.1, 0.15) is 16.8 Å². The molecule has 6 rings (SSSR count). The Labute approximate surface area is 247 Å². The van der Waals surface area contributed by atoms with Crippen molar-refractivity contribution in [1.82, 2.24) is 24.1 Å². The van der Waals surface area contributed by atoms with Crippen molar-refractivity contribution < 1.29 is 4.79 Å². The average Bonchev–Trinajstić information content (AvgIpc) is 3.42. The minimum absolute atomic E-state index is 0.0277. The van der Waals surface area contributed by atoms with Gasteiger partial charge in [0, 0.05) is 17.0 Å². The Balaban J connectivity index is 1.36. The van der Waals surface area contributed by atoms with E-state index < -0.39 is 5.91 Å². The summed E-state index contributed by atoms with van der Waals surface area (Å²) in [6.07, 6.45) is 1.63. The molecule has 0 aliphatic heterocycles. The number of anilines is 1. The number of aromatic nitrogens is 5. The van der Waals surface area contributed by atoms with Crippen molar-refractivity contribution in [3.63, 3.8) is 0 Å². The number of carbonyl (C=O) groups is 1. The van der Waals surface area contributed by atoms with Crippen LogP contribution in [0.1, 0.15) is 27.0 Å². The summed E-state index contributed by atoms with van der Waals surface area (Å²) in [6.45, 7) is 2.25. The van der Waals surface area contributed by atoms with Gasteiger partial charge < -0.3 is 4.57 Å². The molecule has 204 valence electrons. The number of aryl methyl sites for hydroxylation is 1. The molecule has 0 spiro atoms. The summed E-state index contributed by atoms with van der Waals surface area (Å²) < 4.78 is 3.68. The second kappa shape index (κ2) is 11.3. The highest BCUT2D eigenvalue weighted by Gasteiger charge is 2.19. The lowest BCUT2D eigenvalue weighted by Crippen LogP contribution is -2.32. The average molecular weight is 600 g/mol. The Morgan fingerprint density at radius 2 is 1.85 bits per heavy atom. The fourth-order valence-electron chi connectivity index (χ4n) is 4.33. The summed E-state index contributed by atoms with van der Waals surface area (Å²) in [6, 6.07) is 22.1. The quantitative estimate of drug-likeness (QED) is 0.141. The Morgan fingerprint density at radius 3 is 2.66 bits per heavy atom. The third-order valence-electron chi connectivity index (χ3n) is 6.46. The highest BCUT2D eigenvalue weighted by atomic mass is 35.5. The Kier molecular flexibility index (Phi) is 7.39. The minimum Gasteiger partial charge on any atom is -0.306 e. The minimum atomic E-state index is -0.564. The van der Waals surface area contributed by atoms with Gasteiger partial charge in [0.25, 0.3) is 11.5 Å². The lowest BCUT2D eigenvalue weighted by atomic mass is 10.1. The third kappa shape index (κ3) is 5.51. The Morgan fingerprint density at radius 1 is 1.07 bits per heavy atom. The standard InChI is InChI=1S/C29H22ClN7O2S2/c1-17-9-11-18(12-10-17)15-37-24(31)20(14-21-25(37)32-23-8-4-5-13-36(23)27(21)39)26(38)33-28-34-35-29(41-28)40-16-19-6-2-3-7-22(19)30/h2-14,31H,15-16H2,1H3,(H,33,34,38). The predicted molar refractivity (Wildman–Crippen MR) is 162 cm³/mol. The number of nitrogens with one attached hydrogen (secondary N) is 2. The monoisotopic (exact) mass is 599 g/mol. The molecule has 2 aromatic carbocycles. The highest BCUT2D eigenvalue weighted by molar-refractivity contribution is 8.00. The maximum atomic E-state index is 13.5. The van der Waals surface area contributed by atoms with Gasteiger partial charge in [-0.25, -0.2) is 4.98 Å². The number of rotatable bonds is 7. The van der Waals surface area contributed by atoms with Crippen molar-refractivity contribution in [3.05, 3.63) is 122 Å². The molecule has 41 heavy (non-hydrogen) atoms. The van der Waals surface area contributed by atoms with Crippen molar-refractivity contribution in [2.24, 2.45) is 0 Å². The number of nitrogens with zero attached hydrogens (tertiary/aromatic N) is 5. The third-order valence-corrected chi connectivity index (χ3v) is 8.85. The number of thioether (sulfide) groups is 1. The van der Waals surface area contributed by atoms with E-state index in [0.29, 0.717) is 26.4 Å². The van der Waals surface area contributed by atoms with Gasteiger partial charge in [-0.05, 0) is 42.3 Å². The van der Waals surface area contributed by atoms with Gasteiger partial charge in [-0.3, -0.25) is 24.7 Å². The number of fused-ring (bicyclic) bond motifs is 2. The van der Waals surface area contributed by atoms with E-state index in [9.17, 15) is 9.59 Å². The number of benzene rings is 2. The molecule has 0 atom stereocenters. The van der Waals surface area contributed by atoms with E-state index in [1.165, 1.54) is 33.6 Å². The van der Waals surface area contributed by atoms with Gasteiger partial charge in [-0.1, -0.05) is 88.8 Å². The summed E-state index contributed by atoms with van der Waals surface area (Å²) >= 11 is 8.93. The first-order chi connectivity index (χ1) is 19.9. The molecule has 4 heterocycles. The summed E-state index contributed by atoms with van der Waals surface area (Å²) in [7, 11) is 0. The summed E-state index contributed by atoms with van der Waals surface area (Å²) in [5.41, 5.74) is 3.40. The number of halogens is 1. The van der Waals surface area contributed by atoms with Gasteiger partial charge in [-0.15, -0.1) is 10.2 Å². The number of carbonyl (C=O) groups excluding carboxylic acids is 1. The molecule has 0 fully saturated rings. The van der Waals surface area contributed by atoms with E-state index in [2.05, 4.69) is 15.5 Å². The SMILES string of the molecule is Cc1ccc(Cn2c(=N)c(C(=O)Nc3nnc(SCc4ccccc4Cl)s3)cc3c(=O)n4ccccc4nc32)cc1. The number of pyridine rings is 2. The van der Waals surface area contributed by atoms with E-state index in [1.54, 1.807) is 29.0 Å². The van der Waals surface area contributed by atoms with Gasteiger partial charge >= 0.3 is 0 Å². The maximum absolute atomic E-state index is 13.5. The lowest BCUT2D eigenvalue weighted by Gasteiger charge is -2.14. The first-order valence-corrected chi connectivity index (χ1v) is 14.7. The molecular weight excluding hydrogens is 578 g/mol. The van der Waals surface area contributed by atoms with E-state index >= 15 is 0 Å². The van der Waals surface area contributed by atoms with Gasteiger partial charge in [0.2, 0.25) is 5.13 Å².